The van der Waals surface area contributed by atoms with Crippen LogP contribution in [0.3, 0.4) is 0 Å². The van der Waals surface area contributed by atoms with E-state index in [0.29, 0.717) is 0 Å². The van der Waals surface area contributed by atoms with Gasteiger partial charge in [-0.05, 0) is 30.3 Å². The topological polar surface area (TPSA) is 26.5 Å². The molecule has 1 fully saturated rings. The Morgan fingerprint density at radius 1 is 1.56 bits per heavy atom. The molecule has 3 aliphatic rings. The summed E-state index contributed by atoms with van der Waals surface area (Å²) < 4.78 is 0. The van der Waals surface area contributed by atoms with Crippen LogP contribution in [0.1, 0.15) is 12.8 Å². The molecular formula is C7H7N2. The second kappa shape index (κ2) is 1.06. The molecular weight excluding hydrogens is 112 g/mol. The summed E-state index contributed by atoms with van der Waals surface area (Å²) in [6.45, 7) is 0. The highest BCUT2D eigenvalue weighted by Gasteiger charge is 2.47. The van der Waals surface area contributed by atoms with E-state index in [9.17, 15) is 0 Å². The Balaban J connectivity index is 2.11. The Kier molecular flexibility index (Phi) is 0.481. The Morgan fingerprint density at radius 2 is 2.56 bits per heavy atom. The Hall–Kier alpha value is -0.790. The van der Waals surface area contributed by atoms with Crippen molar-refractivity contribution in [1.82, 2.24) is 5.43 Å². The fourth-order valence-electron chi connectivity index (χ4n) is 1.86. The minimum absolute atomic E-state index is 0.870. The number of hydrogen-bond donors (Lipinski definition) is 0. The maximum atomic E-state index is 4.03. The lowest BCUT2D eigenvalue weighted by Crippen LogP contribution is -1.90. The van der Waals surface area contributed by atoms with Crippen LogP contribution in [0.5, 0.6) is 0 Å². The van der Waals surface area contributed by atoms with Gasteiger partial charge < -0.3 is 0 Å². The van der Waals surface area contributed by atoms with Gasteiger partial charge in [-0.25, -0.2) is 0 Å². The van der Waals surface area contributed by atoms with Crippen molar-refractivity contribution in [3.8, 4) is 0 Å². The van der Waals surface area contributed by atoms with Crippen molar-refractivity contribution in [3.63, 3.8) is 0 Å². The fraction of sp³-hybridized carbons (Fsp3) is 0.571. The molecule has 1 heterocycles. The first-order valence-electron chi connectivity index (χ1n) is 3.42. The molecule has 9 heavy (non-hydrogen) atoms. The van der Waals surface area contributed by atoms with E-state index in [1.54, 1.807) is 0 Å². The molecule has 2 atom stereocenters. The Bertz CT molecular complexity index is 227. The molecule has 3 rings (SSSR count). The summed E-state index contributed by atoms with van der Waals surface area (Å²) in [5.41, 5.74) is 6.75. The molecule has 0 aromatic heterocycles. The highest BCUT2D eigenvalue weighted by Crippen LogP contribution is 2.54. The maximum absolute atomic E-state index is 4.03. The van der Waals surface area contributed by atoms with E-state index >= 15 is 0 Å². The van der Waals surface area contributed by atoms with Crippen molar-refractivity contribution in [2.75, 3.05) is 0 Å². The van der Waals surface area contributed by atoms with E-state index in [4.69, 9.17) is 0 Å². The summed E-state index contributed by atoms with van der Waals surface area (Å²) >= 11 is 0. The van der Waals surface area contributed by atoms with Gasteiger partial charge in [0.1, 0.15) is 0 Å². The van der Waals surface area contributed by atoms with Crippen LogP contribution in [-0.2, 0) is 0 Å². The fourth-order valence-corrected chi connectivity index (χ4v) is 1.86. The standard InChI is InChI=1S/C7H7N2/c1-4-2-7-6(5(1)4)3-8-9-7/h3-5H,1-2H2. The molecule has 1 saturated carbocycles. The largest absolute Gasteiger partial charge is 0.159 e. The van der Waals surface area contributed by atoms with Crippen molar-refractivity contribution in [2.45, 2.75) is 12.8 Å². The maximum Gasteiger partial charge on any atom is 0.0684 e. The summed E-state index contributed by atoms with van der Waals surface area (Å²) in [6.07, 6.45) is 4.55. The molecule has 0 N–H and O–H groups in total. The van der Waals surface area contributed by atoms with Crippen LogP contribution < -0.4 is 5.43 Å². The van der Waals surface area contributed by atoms with Crippen molar-refractivity contribution in [1.29, 1.82) is 0 Å². The zero-order chi connectivity index (χ0) is 5.84. The van der Waals surface area contributed by atoms with Gasteiger partial charge >= 0.3 is 0 Å². The lowest BCUT2D eigenvalue weighted by Gasteiger charge is -1.91. The predicted octanol–water partition coefficient (Wildman–Crippen LogP) is 0.884. The van der Waals surface area contributed by atoms with Gasteiger partial charge in [0.2, 0.25) is 0 Å². The monoisotopic (exact) mass is 119 g/mol. The molecule has 1 aliphatic heterocycles. The molecule has 2 heteroatoms. The van der Waals surface area contributed by atoms with Gasteiger partial charge in [0.15, 0.2) is 0 Å². The first-order chi connectivity index (χ1) is 4.45. The molecule has 0 bridgehead atoms. The average Bonchev–Trinajstić information content (AvgIpc) is 2.38. The van der Waals surface area contributed by atoms with Gasteiger partial charge in [0, 0.05) is 0 Å². The van der Waals surface area contributed by atoms with E-state index in [0.717, 1.165) is 11.8 Å². The quantitative estimate of drug-likeness (QED) is 0.452. The highest BCUT2D eigenvalue weighted by atomic mass is 15.3. The van der Waals surface area contributed by atoms with Crippen molar-refractivity contribution in [3.05, 3.63) is 11.3 Å². The molecule has 2 aliphatic carbocycles. The molecule has 0 spiro atoms. The van der Waals surface area contributed by atoms with Crippen LogP contribution >= 0.6 is 0 Å². The minimum atomic E-state index is 0.870. The first-order valence-corrected chi connectivity index (χ1v) is 3.42. The van der Waals surface area contributed by atoms with Crippen molar-refractivity contribution < 1.29 is 0 Å². The third-order valence-electron chi connectivity index (χ3n) is 2.49. The van der Waals surface area contributed by atoms with Gasteiger partial charge in [0.25, 0.3) is 0 Å². The van der Waals surface area contributed by atoms with Crippen molar-refractivity contribution >= 4 is 6.21 Å². The molecule has 2 unspecified atom stereocenters. The van der Waals surface area contributed by atoms with Gasteiger partial charge in [0.05, 0.1) is 11.9 Å². The SMILES string of the molecule is C1=N[N]C2=C1C1CC1C2. The molecule has 2 nitrogen and oxygen atoms in total. The third kappa shape index (κ3) is 0.363. The zero-order valence-corrected chi connectivity index (χ0v) is 5.04. The number of allylic oxidation sites excluding steroid dienone is 2. The summed E-state index contributed by atoms with van der Waals surface area (Å²) in [6, 6.07) is 0. The zero-order valence-electron chi connectivity index (χ0n) is 5.04. The number of rotatable bonds is 0. The Labute approximate surface area is 53.6 Å². The van der Waals surface area contributed by atoms with E-state index in [-0.39, 0.29) is 0 Å². The first kappa shape index (κ1) is 4.09. The van der Waals surface area contributed by atoms with Gasteiger partial charge in [-0.1, -0.05) is 0 Å². The van der Waals surface area contributed by atoms with Crippen molar-refractivity contribution in [2.24, 2.45) is 16.9 Å². The predicted molar refractivity (Wildman–Crippen MR) is 33.9 cm³/mol. The molecule has 0 aromatic carbocycles. The lowest BCUT2D eigenvalue weighted by atomic mass is 10.2. The van der Waals surface area contributed by atoms with Crippen LogP contribution in [0.2, 0.25) is 0 Å². The minimum Gasteiger partial charge on any atom is -0.159 e. The smallest absolute Gasteiger partial charge is 0.0684 e. The summed E-state index contributed by atoms with van der Waals surface area (Å²) in [5, 5.41) is 3.87. The van der Waals surface area contributed by atoms with E-state index in [1.165, 1.54) is 24.1 Å². The summed E-state index contributed by atoms with van der Waals surface area (Å²) in [4.78, 5) is 0. The van der Waals surface area contributed by atoms with E-state index in [2.05, 4.69) is 10.5 Å². The molecule has 1 radical (unpaired) electrons. The molecule has 0 aromatic rings. The van der Waals surface area contributed by atoms with E-state index in [1.807, 2.05) is 6.21 Å². The normalized spacial score (nSPS) is 42.7. The number of fused-ring (bicyclic) bond motifs is 2. The van der Waals surface area contributed by atoms with Crippen LogP contribution in [0.4, 0.5) is 0 Å². The summed E-state index contributed by atoms with van der Waals surface area (Å²) in [5.74, 6) is 1.83. The number of nitrogens with zero attached hydrogens (tertiary/aromatic N) is 2. The molecule has 45 valence electrons. The lowest BCUT2D eigenvalue weighted by molar-refractivity contribution is 0.749. The summed E-state index contributed by atoms with van der Waals surface area (Å²) in [7, 11) is 0. The van der Waals surface area contributed by atoms with Crippen LogP contribution in [-0.4, -0.2) is 6.21 Å². The van der Waals surface area contributed by atoms with Gasteiger partial charge in [-0.3, -0.25) is 0 Å². The highest BCUT2D eigenvalue weighted by molar-refractivity contribution is 5.84. The second-order valence-electron chi connectivity index (χ2n) is 3.05. The third-order valence-corrected chi connectivity index (χ3v) is 2.49. The average molecular weight is 119 g/mol. The number of hydrogen-bond acceptors (Lipinski definition) is 1. The molecule has 0 amide bonds. The van der Waals surface area contributed by atoms with Crippen LogP contribution in [0.15, 0.2) is 16.4 Å². The molecule has 0 saturated heterocycles. The van der Waals surface area contributed by atoms with Gasteiger partial charge in [-0.15, -0.1) is 0 Å². The second-order valence-corrected chi connectivity index (χ2v) is 3.05. The van der Waals surface area contributed by atoms with Crippen LogP contribution in [0, 0.1) is 11.8 Å². The van der Waals surface area contributed by atoms with Gasteiger partial charge in [-0.2, -0.15) is 10.5 Å². The Morgan fingerprint density at radius 3 is 3.44 bits per heavy atom. The van der Waals surface area contributed by atoms with E-state index < -0.39 is 0 Å². The van der Waals surface area contributed by atoms with Crippen LogP contribution in [0.25, 0.3) is 0 Å².